The molecule has 1 aliphatic carbocycles. The maximum absolute atomic E-state index is 12.6. The first-order valence-corrected chi connectivity index (χ1v) is 6.61. The number of carbonyl (C=O) groups excluding carboxylic acids is 1. The molecule has 1 saturated carbocycles. The van der Waals surface area contributed by atoms with Gasteiger partial charge in [0.2, 0.25) is 0 Å². The zero-order valence-corrected chi connectivity index (χ0v) is 11.0. The Labute approximate surface area is 116 Å². The van der Waals surface area contributed by atoms with E-state index in [9.17, 15) is 4.79 Å². The van der Waals surface area contributed by atoms with Crippen LogP contribution in [0.5, 0.6) is 0 Å². The van der Waals surface area contributed by atoms with Crippen molar-refractivity contribution in [1.82, 2.24) is 15.2 Å². The maximum Gasteiger partial charge on any atom is 0.262 e. The number of anilines is 3. The SMILES string of the molecule is CN1C(=O)c2ccnnc2N(C2CC2)c2ncccc21. The van der Waals surface area contributed by atoms with Gasteiger partial charge in [0, 0.05) is 19.3 Å². The van der Waals surface area contributed by atoms with E-state index in [1.165, 1.54) is 0 Å². The second-order valence-corrected chi connectivity index (χ2v) is 5.08. The van der Waals surface area contributed by atoms with Gasteiger partial charge in [-0.3, -0.25) is 4.79 Å². The summed E-state index contributed by atoms with van der Waals surface area (Å²) < 4.78 is 0. The third kappa shape index (κ3) is 1.51. The number of carbonyl (C=O) groups is 1. The van der Waals surface area contributed by atoms with Crippen LogP contribution in [0, 0.1) is 0 Å². The zero-order chi connectivity index (χ0) is 13.7. The van der Waals surface area contributed by atoms with Gasteiger partial charge >= 0.3 is 0 Å². The summed E-state index contributed by atoms with van der Waals surface area (Å²) in [6, 6.07) is 5.84. The first-order valence-electron chi connectivity index (χ1n) is 6.61. The zero-order valence-electron chi connectivity index (χ0n) is 11.0. The highest BCUT2D eigenvalue weighted by atomic mass is 16.2. The normalized spacial score (nSPS) is 17.6. The Kier molecular flexibility index (Phi) is 2.26. The quantitative estimate of drug-likeness (QED) is 0.788. The van der Waals surface area contributed by atoms with Crippen LogP contribution in [-0.4, -0.2) is 34.2 Å². The summed E-state index contributed by atoms with van der Waals surface area (Å²) >= 11 is 0. The highest BCUT2D eigenvalue weighted by molar-refractivity contribution is 6.12. The van der Waals surface area contributed by atoms with Gasteiger partial charge in [0.05, 0.1) is 17.4 Å². The minimum Gasteiger partial charge on any atom is -0.308 e. The third-order valence-corrected chi connectivity index (χ3v) is 3.73. The van der Waals surface area contributed by atoms with E-state index in [-0.39, 0.29) is 5.91 Å². The fourth-order valence-corrected chi connectivity index (χ4v) is 2.57. The van der Waals surface area contributed by atoms with Crippen molar-refractivity contribution in [3.8, 4) is 0 Å². The molecule has 1 aliphatic heterocycles. The van der Waals surface area contributed by atoms with Crippen molar-refractivity contribution in [3.63, 3.8) is 0 Å². The number of aromatic nitrogens is 3. The average molecular weight is 267 g/mol. The molecule has 20 heavy (non-hydrogen) atoms. The molecule has 3 heterocycles. The Morgan fingerprint density at radius 1 is 1.20 bits per heavy atom. The lowest BCUT2D eigenvalue weighted by atomic mass is 10.2. The molecule has 2 aromatic heterocycles. The van der Waals surface area contributed by atoms with Crippen LogP contribution in [0.1, 0.15) is 23.2 Å². The second kappa shape index (κ2) is 4.00. The van der Waals surface area contributed by atoms with Gasteiger partial charge in [0.15, 0.2) is 11.6 Å². The maximum atomic E-state index is 12.6. The topological polar surface area (TPSA) is 62.2 Å². The van der Waals surface area contributed by atoms with Crippen LogP contribution in [-0.2, 0) is 0 Å². The molecule has 6 heteroatoms. The molecule has 0 saturated heterocycles. The van der Waals surface area contributed by atoms with Crippen molar-refractivity contribution < 1.29 is 4.79 Å². The highest BCUT2D eigenvalue weighted by Gasteiger charge is 2.39. The molecule has 4 rings (SSSR count). The van der Waals surface area contributed by atoms with E-state index < -0.39 is 0 Å². The first kappa shape index (κ1) is 11.3. The summed E-state index contributed by atoms with van der Waals surface area (Å²) in [5.74, 6) is 1.32. The van der Waals surface area contributed by atoms with Crippen LogP contribution < -0.4 is 9.80 Å². The lowest BCUT2D eigenvalue weighted by molar-refractivity contribution is 0.0994. The van der Waals surface area contributed by atoms with Crippen LogP contribution in [0.3, 0.4) is 0 Å². The lowest BCUT2D eigenvalue weighted by Crippen LogP contribution is -2.25. The Bertz CT molecular complexity index is 697. The van der Waals surface area contributed by atoms with Crippen LogP contribution in [0.15, 0.2) is 30.6 Å². The van der Waals surface area contributed by atoms with E-state index in [0.717, 1.165) is 24.3 Å². The highest BCUT2D eigenvalue weighted by Crippen LogP contribution is 2.43. The third-order valence-electron chi connectivity index (χ3n) is 3.73. The summed E-state index contributed by atoms with van der Waals surface area (Å²) in [6.45, 7) is 0. The Morgan fingerprint density at radius 3 is 2.85 bits per heavy atom. The van der Waals surface area contributed by atoms with Crippen molar-refractivity contribution >= 4 is 23.2 Å². The summed E-state index contributed by atoms with van der Waals surface area (Å²) in [6.07, 6.45) is 5.47. The minimum absolute atomic E-state index is 0.0766. The number of hydrogen-bond acceptors (Lipinski definition) is 5. The number of fused-ring (bicyclic) bond motifs is 2. The molecule has 2 aromatic rings. The van der Waals surface area contributed by atoms with Gasteiger partial charge in [-0.15, -0.1) is 5.10 Å². The number of nitrogens with zero attached hydrogens (tertiary/aromatic N) is 5. The monoisotopic (exact) mass is 267 g/mol. The van der Waals surface area contributed by atoms with Gasteiger partial charge in [0.1, 0.15) is 0 Å². The van der Waals surface area contributed by atoms with Crippen LogP contribution >= 0.6 is 0 Å². The Balaban J connectivity index is 2.02. The molecule has 2 aliphatic rings. The molecule has 0 unspecified atom stereocenters. The first-order chi connectivity index (χ1) is 9.77. The van der Waals surface area contributed by atoms with Gasteiger partial charge in [-0.25, -0.2) is 4.98 Å². The molecule has 0 aromatic carbocycles. The van der Waals surface area contributed by atoms with Crippen LogP contribution in [0.25, 0.3) is 0 Å². The molecule has 0 radical (unpaired) electrons. The summed E-state index contributed by atoms with van der Waals surface area (Å²) in [5, 5.41) is 8.14. The smallest absolute Gasteiger partial charge is 0.262 e. The van der Waals surface area contributed by atoms with E-state index >= 15 is 0 Å². The molecule has 0 spiro atoms. The molecule has 0 atom stereocenters. The van der Waals surface area contributed by atoms with Gasteiger partial charge in [0.25, 0.3) is 5.91 Å². The Hall–Kier alpha value is -2.50. The van der Waals surface area contributed by atoms with Crippen molar-refractivity contribution in [1.29, 1.82) is 0 Å². The average Bonchev–Trinajstić information content (AvgIpc) is 3.32. The van der Waals surface area contributed by atoms with Gasteiger partial charge < -0.3 is 9.80 Å². The molecule has 100 valence electrons. The standard InChI is InChI=1S/C14H13N5O/c1-18-11-3-2-7-15-13(11)19(9-4-5-9)12-10(14(18)20)6-8-16-17-12/h2-3,6-9H,4-5H2,1H3. The van der Waals surface area contributed by atoms with E-state index in [1.807, 2.05) is 12.1 Å². The Morgan fingerprint density at radius 2 is 2.05 bits per heavy atom. The summed E-state index contributed by atoms with van der Waals surface area (Å²) in [5.41, 5.74) is 1.38. The second-order valence-electron chi connectivity index (χ2n) is 5.08. The van der Waals surface area contributed by atoms with Crippen molar-refractivity contribution in [2.75, 3.05) is 16.8 Å². The molecule has 0 bridgehead atoms. The minimum atomic E-state index is -0.0766. The summed E-state index contributed by atoms with van der Waals surface area (Å²) in [7, 11) is 1.77. The number of rotatable bonds is 1. The van der Waals surface area contributed by atoms with E-state index in [0.29, 0.717) is 17.4 Å². The fraction of sp³-hybridized carbons (Fsp3) is 0.286. The number of pyridine rings is 1. The van der Waals surface area contributed by atoms with Gasteiger partial charge in [-0.1, -0.05) is 0 Å². The van der Waals surface area contributed by atoms with Gasteiger partial charge in [-0.2, -0.15) is 5.10 Å². The van der Waals surface area contributed by atoms with E-state index in [2.05, 4.69) is 20.1 Å². The van der Waals surface area contributed by atoms with Crippen molar-refractivity contribution in [2.45, 2.75) is 18.9 Å². The van der Waals surface area contributed by atoms with Crippen molar-refractivity contribution in [2.24, 2.45) is 0 Å². The predicted molar refractivity (Wildman–Crippen MR) is 74.2 cm³/mol. The van der Waals surface area contributed by atoms with Crippen molar-refractivity contribution in [3.05, 3.63) is 36.2 Å². The van der Waals surface area contributed by atoms with Crippen LogP contribution in [0.2, 0.25) is 0 Å². The summed E-state index contributed by atoms with van der Waals surface area (Å²) in [4.78, 5) is 20.7. The van der Waals surface area contributed by atoms with E-state index in [1.54, 1.807) is 30.4 Å². The molecule has 6 nitrogen and oxygen atoms in total. The fourth-order valence-electron chi connectivity index (χ4n) is 2.57. The largest absolute Gasteiger partial charge is 0.308 e. The van der Waals surface area contributed by atoms with Crippen LogP contribution in [0.4, 0.5) is 17.3 Å². The lowest BCUT2D eigenvalue weighted by Gasteiger charge is -2.23. The molecular formula is C14H13N5O. The predicted octanol–water partition coefficient (Wildman–Crippen LogP) is 1.76. The number of hydrogen-bond donors (Lipinski definition) is 0. The van der Waals surface area contributed by atoms with Gasteiger partial charge in [-0.05, 0) is 31.0 Å². The molecule has 1 fully saturated rings. The molecule has 1 amide bonds. The van der Waals surface area contributed by atoms with E-state index in [4.69, 9.17) is 0 Å². The molecular weight excluding hydrogens is 254 g/mol. The molecule has 0 N–H and O–H groups in total. The number of amides is 1.